The van der Waals surface area contributed by atoms with E-state index in [2.05, 4.69) is 15.0 Å². The average molecular weight is 440 g/mol. The summed E-state index contributed by atoms with van der Waals surface area (Å²) in [5.41, 5.74) is 2.12. The van der Waals surface area contributed by atoms with E-state index in [1.165, 1.54) is 11.3 Å². The van der Waals surface area contributed by atoms with Gasteiger partial charge in [-0.3, -0.25) is 4.79 Å². The molecule has 4 rings (SSSR count). The molecule has 0 spiro atoms. The third-order valence-corrected chi connectivity index (χ3v) is 5.40. The van der Waals surface area contributed by atoms with Crippen LogP contribution in [0.4, 0.5) is 18.9 Å². The highest BCUT2D eigenvalue weighted by molar-refractivity contribution is 7.13. The number of anilines is 1. The summed E-state index contributed by atoms with van der Waals surface area (Å²) in [5, 5.41) is 5.24. The molecule has 0 aliphatic carbocycles. The zero-order valence-corrected chi connectivity index (χ0v) is 17.0. The Kier molecular flexibility index (Phi) is 5.73. The third-order valence-electron chi connectivity index (χ3n) is 4.51. The molecule has 3 aromatic carbocycles. The number of halogens is 3. The molecule has 0 saturated carbocycles. The number of thiazole rings is 1. The number of benzene rings is 3. The lowest BCUT2D eigenvalue weighted by atomic mass is 10.1. The second kappa shape index (κ2) is 8.61. The topological polar surface area (TPSA) is 51.2 Å². The Morgan fingerprint density at radius 2 is 1.71 bits per heavy atom. The van der Waals surface area contributed by atoms with Crippen molar-refractivity contribution in [3.63, 3.8) is 0 Å². The van der Waals surface area contributed by atoms with Crippen molar-refractivity contribution in [3.05, 3.63) is 89.1 Å². The molecular weight excluding hydrogens is 425 g/mol. The molecule has 0 atom stereocenters. The molecule has 1 aromatic heterocycles. The molecule has 0 aliphatic rings. The summed E-state index contributed by atoms with van der Waals surface area (Å²) in [6.07, 6.45) is 0. The lowest BCUT2D eigenvalue weighted by molar-refractivity contribution is 0.102. The van der Waals surface area contributed by atoms with Crippen molar-refractivity contribution in [1.82, 2.24) is 4.98 Å². The predicted molar refractivity (Wildman–Crippen MR) is 114 cm³/mol. The van der Waals surface area contributed by atoms with Gasteiger partial charge in [-0.05, 0) is 18.2 Å². The molecule has 156 valence electrons. The Bertz CT molecular complexity index is 1260. The summed E-state index contributed by atoms with van der Waals surface area (Å²) in [5.74, 6) is -6.03. The monoisotopic (exact) mass is 440 g/mol. The highest BCUT2D eigenvalue weighted by atomic mass is 32.1. The Labute approximate surface area is 180 Å². The molecule has 4 aromatic rings. The van der Waals surface area contributed by atoms with Crippen molar-refractivity contribution in [2.45, 2.75) is 0 Å². The van der Waals surface area contributed by atoms with Crippen molar-refractivity contribution in [2.75, 3.05) is 12.4 Å². The van der Waals surface area contributed by atoms with Crippen molar-refractivity contribution in [2.24, 2.45) is 0 Å². The largest absolute Gasteiger partial charge is 0.491 e. The second-order valence-corrected chi connectivity index (χ2v) is 7.36. The molecule has 0 radical (unpaired) electrons. The molecule has 4 nitrogen and oxygen atoms in total. The van der Waals surface area contributed by atoms with Gasteiger partial charge in [-0.2, -0.15) is 4.39 Å². The summed E-state index contributed by atoms with van der Waals surface area (Å²) in [6, 6.07) is 17.0. The Balaban J connectivity index is 1.60. The van der Waals surface area contributed by atoms with E-state index in [1.807, 2.05) is 41.8 Å². The van der Waals surface area contributed by atoms with Crippen LogP contribution in [0.15, 0.2) is 66.0 Å². The first-order valence-electron chi connectivity index (χ1n) is 9.12. The standard InChI is InChI=1S/C23H15F3N2O2S/c1-30-21-19(25)16(11-17(24)20(21)26)22(29)27-15-9-5-8-14(10-15)18-12-31-23(28-18)13-6-3-2-4-7-13/h2-12H,1H3,(H,27,29). The SMILES string of the molecule is COc1c(F)c(F)cc(C(=O)Nc2cccc(-c3csc(-c4ccccc4)n3)c2)c1F. The van der Waals surface area contributed by atoms with Crippen LogP contribution in [-0.4, -0.2) is 18.0 Å². The van der Waals surface area contributed by atoms with Crippen LogP contribution in [-0.2, 0) is 0 Å². The van der Waals surface area contributed by atoms with Crippen LogP contribution in [0.3, 0.4) is 0 Å². The molecule has 0 bridgehead atoms. The quantitative estimate of drug-likeness (QED) is 0.379. The first-order valence-corrected chi connectivity index (χ1v) is 10.00. The van der Waals surface area contributed by atoms with Gasteiger partial charge in [-0.1, -0.05) is 42.5 Å². The maximum Gasteiger partial charge on any atom is 0.258 e. The van der Waals surface area contributed by atoms with E-state index < -0.39 is 34.7 Å². The zero-order valence-electron chi connectivity index (χ0n) is 16.2. The minimum atomic E-state index is -1.49. The van der Waals surface area contributed by atoms with E-state index in [9.17, 15) is 18.0 Å². The van der Waals surface area contributed by atoms with E-state index in [-0.39, 0.29) is 0 Å². The number of rotatable bonds is 5. The number of amides is 1. The molecule has 1 amide bonds. The Morgan fingerprint density at radius 1 is 0.968 bits per heavy atom. The normalized spacial score (nSPS) is 10.7. The molecule has 0 fully saturated rings. The fourth-order valence-corrected chi connectivity index (χ4v) is 3.83. The first-order chi connectivity index (χ1) is 15.0. The van der Waals surface area contributed by atoms with Gasteiger partial charge >= 0.3 is 0 Å². The van der Waals surface area contributed by atoms with Crippen LogP contribution in [0, 0.1) is 17.5 Å². The number of ether oxygens (including phenoxy) is 1. The molecule has 0 saturated heterocycles. The van der Waals surface area contributed by atoms with Crippen molar-refractivity contribution in [1.29, 1.82) is 0 Å². The number of nitrogens with one attached hydrogen (secondary N) is 1. The summed E-state index contributed by atoms with van der Waals surface area (Å²) in [7, 11) is 0.990. The van der Waals surface area contributed by atoms with Crippen LogP contribution in [0.1, 0.15) is 10.4 Å². The fourth-order valence-electron chi connectivity index (χ4n) is 3.00. The Morgan fingerprint density at radius 3 is 2.45 bits per heavy atom. The number of methoxy groups -OCH3 is 1. The number of carbonyl (C=O) groups excluding carboxylic acids is 1. The number of aromatic nitrogens is 1. The highest BCUT2D eigenvalue weighted by Crippen LogP contribution is 2.31. The molecular formula is C23H15F3N2O2S. The van der Waals surface area contributed by atoms with E-state index in [0.717, 1.165) is 23.2 Å². The number of nitrogens with zero attached hydrogens (tertiary/aromatic N) is 1. The van der Waals surface area contributed by atoms with Crippen molar-refractivity contribution in [3.8, 4) is 27.6 Å². The molecule has 8 heteroatoms. The van der Waals surface area contributed by atoms with Crippen molar-refractivity contribution >= 4 is 22.9 Å². The van der Waals surface area contributed by atoms with Crippen LogP contribution in [0.2, 0.25) is 0 Å². The molecule has 1 N–H and O–H groups in total. The second-order valence-electron chi connectivity index (χ2n) is 6.51. The summed E-state index contributed by atoms with van der Waals surface area (Å²) in [6.45, 7) is 0. The molecule has 1 heterocycles. The number of hydrogen-bond donors (Lipinski definition) is 1. The summed E-state index contributed by atoms with van der Waals surface area (Å²) >= 11 is 1.48. The Hall–Kier alpha value is -3.65. The number of carbonyl (C=O) groups is 1. The smallest absolute Gasteiger partial charge is 0.258 e. The zero-order chi connectivity index (χ0) is 22.0. The van der Waals surface area contributed by atoms with Crippen LogP contribution >= 0.6 is 11.3 Å². The van der Waals surface area contributed by atoms with E-state index in [0.29, 0.717) is 17.4 Å². The maximum atomic E-state index is 14.4. The van der Waals surface area contributed by atoms with Gasteiger partial charge in [0.25, 0.3) is 5.91 Å². The van der Waals surface area contributed by atoms with Gasteiger partial charge in [0.05, 0.1) is 18.4 Å². The van der Waals surface area contributed by atoms with Gasteiger partial charge < -0.3 is 10.1 Å². The van der Waals surface area contributed by atoms with Gasteiger partial charge in [0.15, 0.2) is 17.4 Å². The van der Waals surface area contributed by atoms with Crippen molar-refractivity contribution < 1.29 is 22.7 Å². The molecule has 31 heavy (non-hydrogen) atoms. The fraction of sp³-hybridized carbons (Fsp3) is 0.0435. The van der Waals surface area contributed by atoms with Gasteiger partial charge in [-0.25, -0.2) is 13.8 Å². The van der Waals surface area contributed by atoms with Gasteiger partial charge in [0.2, 0.25) is 5.82 Å². The highest BCUT2D eigenvalue weighted by Gasteiger charge is 2.23. The van der Waals surface area contributed by atoms with Crippen LogP contribution in [0.5, 0.6) is 5.75 Å². The average Bonchev–Trinajstić information content (AvgIpc) is 3.28. The van der Waals surface area contributed by atoms with E-state index >= 15 is 0 Å². The van der Waals surface area contributed by atoms with Crippen LogP contribution < -0.4 is 10.1 Å². The molecule has 0 unspecified atom stereocenters. The maximum absolute atomic E-state index is 14.4. The van der Waals surface area contributed by atoms with Gasteiger partial charge in [0.1, 0.15) is 5.01 Å². The summed E-state index contributed by atoms with van der Waals surface area (Å²) < 4.78 is 46.3. The minimum Gasteiger partial charge on any atom is -0.491 e. The third kappa shape index (κ3) is 4.15. The molecule has 0 aliphatic heterocycles. The van der Waals surface area contributed by atoms with Gasteiger partial charge in [0, 0.05) is 22.2 Å². The minimum absolute atomic E-state index is 0.347. The predicted octanol–water partition coefficient (Wildman–Crippen LogP) is 6.16. The van der Waals surface area contributed by atoms with Gasteiger partial charge in [-0.15, -0.1) is 11.3 Å². The van der Waals surface area contributed by atoms with E-state index in [1.54, 1.807) is 18.2 Å². The first kappa shape index (κ1) is 20.6. The number of hydrogen-bond acceptors (Lipinski definition) is 4. The lowest BCUT2D eigenvalue weighted by Crippen LogP contribution is -2.15. The van der Waals surface area contributed by atoms with E-state index in [4.69, 9.17) is 0 Å². The lowest BCUT2D eigenvalue weighted by Gasteiger charge is -2.11. The summed E-state index contributed by atoms with van der Waals surface area (Å²) in [4.78, 5) is 17.1. The van der Waals surface area contributed by atoms with Crippen LogP contribution in [0.25, 0.3) is 21.8 Å².